The second-order valence-corrected chi connectivity index (χ2v) is 8.82. The van der Waals surface area contributed by atoms with Crippen LogP contribution in [0.3, 0.4) is 0 Å². The molecular formula is C24H26FN3O3. The van der Waals surface area contributed by atoms with Crippen molar-refractivity contribution >= 4 is 10.9 Å². The van der Waals surface area contributed by atoms with E-state index in [-0.39, 0.29) is 11.9 Å². The molecule has 1 atom stereocenters. The van der Waals surface area contributed by atoms with Gasteiger partial charge in [0.25, 0.3) is 5.56 Å². The van der Waals surface area contributed by atoms with E-state index < -0.39 is 23.2 Å². The molecule has 7 heteroatoms. The fraction of sp³-hybridized carbons (Fsp3) is 0.417. The van der Waals surface area contributed by atoms with E-state index in [1.54, 1.807) is 4.57 Å². The van der Waals surface area contributed by atoms with E-state index in [9.17, 15) is 19.1 Å². The molecule has 1 aromatic heterocycles. The Kier molecular flexibility index (Phi) is 5.24. The number of rotatable bonds is 6. The summed E-state index contributed by atoms with van der Waals surface area (Å²) in [5.74, 6) is -0.101. The Hall–Kier alpha value is -2.77. The first-order chi connectivity index (χ1) is 15.0. The zero-order valence-electron chi connectivity index (χ0n) is 17.3. The van der Waals surface area contributed by atoms with E-state index in [0.717, 1.165) is 36.9 Å². The second kappa shape index (κ2) is 8.05. The molecular weight excluding hydrogens is 397 g/mol. The van der Waals surface area contributed by atoms with Crippen LogP contribution in [0, 0.1) is 11.7 Å². The summed E-state index contributed by atoms with van der Waals surface area (Å²) in [4.78, 5) is 28.3. The third kappa shape index (κ3) is 4.07. The van der Waals surface area contributed by atoms with Gasteiger partial charge >= 0.3 is 5.69 Å². The van der Waals surface area contributed by atoms with Crippen molar-refractivity contribution in [1.29, 1.82) is 0 Å². The largest absolute Gasteiger partial charge is 0.390 e. The Bertz CT molecular complexity index is 1250. The van der Waals surface area contributed by atoms with Gasteiger partial charge in [0.1, 0.15) is 5.82 Å². The lowest BCUT2D eigenvalue weighted by atomic mass is 10.00. The van der Waals surface area contributed by atoms with Gasteiger partial charge in [0.2, 0.25) is 0 Å². The normalized spacial score (nSPS) is 17.6. The highest BCUT2D eigenvalue weighted by molar-refractivity contribution is 5.78. The quantitative estimate of drug-likeness (QED) is 0.660. The van der Waals surface area contributed by atoms with Crippen LogP contribution >= 0.6 is 0 Å². The van der Waals surface area contributed by atoms with Crippen molar-refractivity contribution in [3.8, 4) is 0 Å². The van der Waals surface area contributed by atoms with E-state index in [0.29, 0.717) is 24.5 Å². The number of aliphatic hydroxyl groups excluding tert-OH is 1. The fourth-order valence-corrected chi connectivity index (χ4v) is 4.57. The van der Waals surface area contributed by atoms with Crippen LogP contribution in [0.2, 0.25) is 0 Å². The Morgan fingerprint density at radius 2 is 1.81 bits per heavy atom. The van der Waals surface area contributed by atoms with Gasteiger partial charge in [-0.1, -0.05) is 24.3 Å². The van der Waals surface area contributed by atoms with Gasteiger partial charge in [-0.05, 0) is 54.5 Å². The van der Waals surface area contributed by atoms with Crippen LogP contribution < -0.4 is 11.2 Å². The Labute approximate surface area is 179 Å². The summed E-state index contributed by atoms with van der Waals surface area (Å²) in [6.07, 6.45) is 2.13. The molecule has 0 saturated heterocycles. The zero-order chi connectivity index (χ0) is 21.5. The number of hydrogen-bond acceptors (Lipinski definition) is 4. The van der Waals surface area contributed by atoms with Gasteiger partial charge in [0.05, 0.1) is 23.6 Å². The number of aromatic nitrogens is 2. The Balaban J connectivity index is 1.42. The number of halogens is 1. The standard InChI is InChI=1S/C24H26FN3O3/c25-19-7-8-22-21(11-19)23(30)28(24(31)27(22)12-16-5-6-16)15-20(29)14-26-10-9-17-3-1-2-4-18(17)13-26/h1-4,7-8,11,16,20,29H,5-6,9-10,12-15H2/t20-/m1/s1. The monoisotopic (exact) mass is 423 g/mol. The van der Waals surface area contributed by atoms with Gasteiger partial charge < -0.3 is 5.11 Å². The predicted molar refractivity (Wildman–Crippen MR) is 117 cm³/mol. The zero-order valence-corrected chi connectivity index (χ0v) is 17.3. The third-order valence-corrected chi connectivity index (χ3v) is 6.40. The van der Waals surface area contributed by atoms with Crippen LogP contribution in [0.5, 0.6) is 0 Å². The summed E-state index contributed by atoms with van der Waals surface area (Å²) in [5.41, 5.74) is 2.05. The van der Waals surface area contributed by atoms with Crippen molar-refractivity contribution in [2.24, 2.45) is 5.92 Å². The number of nitrogens with zero attached hydrogens (tertiary/aromatic N) is 3. The average Bonchev–Trinajstić information content (AvgIpc) is 3.58. The molecule has 1 fully saturated rings. The molecule has 2 aliphatic rings. The highest BCUT2D eigenvalue weighted by atomic mass is 19.1. The minimum Gasteiger partial charge on any atom is -0.390 e. The lowest BCUT2D eigenvalue weighted by Gasteiger charge is -2.30. The number of aliphatic hydroxyl groups is 1. The van der Waals surface area contributed by atoms with Gasteiger partial charge in [-0.3, -0.25) is 18.8 Å². The van der Waals surface area contributed by atoms with Crippen molar-refractivity contribution in [2.75, 3.05) is 13.1 Å². The number of benzene rings is 2. The number of fused-ring (bicyclic) bond motifs is 2. The molecule has 0 amide bonds. The van der Waals surface area contributed by atoms with Gasteiger partial charge in [0.15, 0.2) is 0 Å². The van der Waals surface area contributed by atoms with Crippen LogP contribution in [0.1, 0.15) is 24.0 Å². The fourth-order valence-electron chi connectivity index (χ4n) is 4.57. The van der Waals surface area contributed by atoms with Crippen LogP contribution in [0.15, 0.2) is 52.1 Å². The lowest BCUT2D eigenvalue weighted by Crippen LogP contribution is -2.45. The van der Waals surface area contributed by atoms with Crippen molar-refractivity contribution in [1.82, 2.24) is 14.0 Å². The van der Waals surface area contributed by atoms with Gasteiger partial charge in [-0.15, -0.1) is 0 Å². The van der Waals surface area contributed by atoms with E-state index in [2.05, 4.69) is 17.0 Å². The maximum Gasteiger partial charge on any atom is 0.331 e. The van der Waals surface area contributed by atoms with Gasteiger partial charge in [-0.25, -0.2) is 9.18 Å². The molecule has 6 nitrogen and oxygen atoms in total. The van der Waals surface area contributed by atoms with Crippen LogP contribution in [0.4, 0.5) is 4.39 Å². The summed E-state index contributed by atoms with van der Waals surface area (Å²) in [7, 11) is 0. The minimum absolute atomic E-state index is 0.104. The highest BCUT2D eigenvalue weighted by Crippen LogP contribution is 2.30. The van der Waals surface area contributed by atoms with Gasteiger partial charge in [0, 0.05) is 26.2 Å². The first-order valence-corrected chi connectivity index (χ1v) is 10.9. The summed E-state index contributed by atoms with van der Waals surface area (Å²) < 4.78 is 16.5. The van der Waals surface area contributed by atoms with E-state index in [1.165, 1.54) is 29.3 Å². The first-order valence-electron chi connectivity index (χ1n) is 10.9. The first kappa shape index (κ1) is 20.2. The molecule has 1 aliphatic heterocycles. The summed E-state index contributed by atoms with van der Waals surface area (Å²) >= 11 is 0. The number of hydrogen-bond donors (Lipinski definition) is 1. The Morgan fingerprint density at radius 1 is 1.03 bits per heavy atom. The predicted octanol–water partition coefficient (Wildman–Crippen LogP) is 2.13. The van der Waals surface area contributed by atoms with Gasteiger partial charge in [-0.2, -0.15) is 0 Å². The maximum absolute atomic E-state index is 13.9. The van der Waals surface area contributed by atoms with E-state index in [4.69, 9.17) is 0 Å². The molecule has 0 radical (unpaired) electrons. The van der Waals surface area contributed by atoms with Crippen LogP contribution in [-0.4, -0.2) is 38.3 Å². The SMILES string of the molecule is O=c1c2cc(F)ccc2n(CC2CC2)c(=O)n1C[C@H](O)CN1CCc2ccccc2C1. The van der Waals surface area contributed by atoms with E-state index >= 15 is 0 Å². The summed E-state index contributed by atoms with van der Waals surface area (Å²) in [6.45, 7) is 2.33. The summed E-state index contributed by atoms with van der Waals surface area (Å²) in [5, 5.41) is 10.9. The molecule has 1 N–H and O–H groups in total. The van der Waals surface area contributed by atoms with E-state index in [1.807, 2.05) is 12.1 Å². The van der Waals surface area contributed by atoms with Crippen LogP contribution in [0.25, 0.3) is 10.9 Å². The maximum atomic E-state index is 13.9. The van der Waals surface area contributed by atoms with Crippen molar-refractivity contribution in [3.05, 3.63) is 80.2 Å². The molecule has 2 heterocycles. The molecule has 1 saturated carbocycles. The van der Waals surface area contributed by atoms with Crippen LogP contribution in [-0.2, 0) is 26.1 Å². The molecule has 3 aromatic rings. The molecule has 0 unspecified atom stereocenters. The molecule has 162 valence electrons. The summed E-state index contributed by atoms with van der Waals surface area (Å²) in [6, 6.07) is 12.2. The topological polar surface area (TPSA) is 67.5 Å². The lowest BCUT2D eigenvalue weighted by molar-refractivity contribution is 0.0896. The van der Waals surface area contributed by atoms with Crippen molar-refractivity contribution in [2.45, 2.75) is 45.0 Å². The molecule has 5 rings (SSSR count). The molecule has 0 spiro atoms. The molecule has 31 heavy (non-hydrogen) atoms. The smallest absolute Gasteiger partial charge is 0.331 e. The Morgan fingerprint density at radius 3 is 2.58 bits per heavy atom. The average molecular weight is 423 g/mol. The minimum atomic E-state index is -0.879. The molecule has 0 bridgehead atoms. The third-order valence-electron chi connectivity index (χ3n) is 6.40. The molecule has 2 aromatic carbocycles. The number of β-amino-alcohol motifs (C(OH)–C–C–N with tert-alkyl or cyclic N) is 1. The van der Waals surface area contributed by atoms with Crippen molar-refractivity contribution < 1.29 is 9.50 Å². The molecule has 1 aliphatic carbocycles. The second-order valence-electron chi connectivity index (χ2n) is 8.82. The van der Waals surface area contributed by atoms with Crippen molar-refractivity contribution in [3.63, 3.8) is 0 Å². The highest BCUT2D eigenvalue weighted by Gasteiger charge is 2.25.